The van der Waals surface area contributed by atoms with Crippen molar-refractivity contribution in [2.24, 2.45) is 5.92 Å². The lowest BCUT2D eigenvalue weighted by atomic mass is 9.91. The molecule has 0 aliphatic carbocycles. The number of para-hydroxylation sites is 1. The highest BCUT2D eigenvalue weighted by Crippen LogP contribution is 2.28. The van der Waals surface area contributed by atoms with E-state index in [2.05, 4.69) is 17.4 Å². The zero-order chi connectivity index (χ0) is 11.4. The van der Waals surface area contributed by atoms with Gasteiger partial charge < -0.3 is 14.8 Å². The van der Waals surface area contributed by atoms with Gasteiger partial charge in [0, 0.05) is 19.1 Å². The summed E-state index contributed by atoms with van der Waals surface area (Å²) in [6, 6.07) is 8.62. The van der Waals surface area contributed by atoms with Crippen molar-refractivity contribution < 1.29 is 9.47 Å². The molecule has 0 aromatic heterocycles. The van der Waals surface area contributed by atoms with Gasteiger partial charge in [-0.3, -0.25) is 0 Å². The van der Waals surface area contributed by atoms with E-state index in [4.69, 9.17) is 9.47 Å². The quantitative estimate of drug-likeness (QED) is 0.835. The third-order valence-electron chi connectivity index (χ3n) is 3.19. The molecule has 3 nitrogen and oxygen atoms in total. The molecule has 2 atom stereocenters. The highest BCUT2D eigenvalue weighted by Gasteiger charge is 2.26. The molecule has 0 saturated heterocycles. The zero-order valence-corrected chi connectivity index (χ0v) is 9.90. The van der Waals surface area contributed by atoms with E-state index in [0.717, 1.165) is 25.4 Å². The van der Waals surface area contributed by atoms with Crippen molar-refractivity contribution in [3.05, 3.63) is 29.8 Å². The number of hydrogen-bond acceptors (Lipinski definition) is 3. The summed E-state index contributed by atoms with van der Waals surface area (Å²) in [5.74, 6) is 1.52. The largest absolute Gasteiger partial charge is 0.493 e. The van der Waals surface area contributed by atoms with Gasteiger partial charge in [0.25, 0.3) is 0 Å². The molecule has 0 fully saturated rings. The summed E-state index contributed by atoms with van der Waals surface area (Å²) in [6.45, 7) is 1.50. The number of ether oxygens (including phenoxy) is 2. The molecule has 88 valence electrons. The van der Waals surface area contributed by atoms with Crippen LogP contribution in [0.2, 0.25) is 0 Å². The topological polar surface area (TPSA) is 30.5 Å². The first kappa shape index (κ1) is 11.4. The SMILES string of the molecule is CNC(COC)C1COc2ccccc2C1. The number of methoxy groups -OCH3 is 1. The summed E-state index contributed by atoms with van der Waals surface area (Å²) in [6.07, 6.45) is 1.06. The molecule has 1 aliphatic rings. The van der Waals surface area contributed by atoms with Crippen LogP contribution in [-0.2, 0) is 11.2 Å². The average Bonchev–Trinajstić information content (AvgIpc) is 2.35. The molecule has 1 N–H and O–H groups in total. The van der Waals surface area contributed by atoms with Gasteiger partial charge in [-0.25, -0.2) is 0 Å². The van der Waals surface area contributed by atoms with Crippen LogP contribution in [0.5, 0.6) is 5.75 Å². The van der Waals surface area contributed by atoms with Crippen molar-refractivity contribution in [1.82, 2.24) is 5.32 Å². The summed E-state index contributed by atoms with van der Waals surface area (Å²) in [5.41, 5.74) is 1.30. The van der Waals surface area contributed by atoms with E-state index >= 15 is 0 Å². The summed E-state index contributed by atoms with van der Waals surface area (Å²) in [5, 5.41) is 3.30. The Labute approximate surface area is 96.8 Å². The van der Waals surface area contributed by atoms with Crippen LogP contribution in [-0.4, -0.2) is 33.4 Å². The van der Waals surface area contributed by atoms with Gasteiger partial charge in [-0.2, -0.15) is 0 Å². The lowest BCUT2D eigenvalue weighted by Gasteiger charge is -2.31. The fourth-order valence-electron chi connectivity index (χ4n) is 2.24. The highest BCUT2D eigenvalue weighted by atomic mass is 16.5. The molecule has 0 saturated carbocycles. The third kappa shape index (κ3) is 2.36. The van der Waals surface area contributed by atoms with E-state index < -0.39 is 0 Å². The Morgan fingerprint density at radius 3 is 3.06 bits per heavy atom. The molecular weight excluding hydrogens is 202 g/mol. The second-order valence-electron chi connectivity index (χ2n) is 4.23. The average molecular weight is 221 g/mol. The molecule has 0 amide bonds. The Bertz CT molecular complexity index is 340. The van der Waals surface area contributed by atoms with E-state index in [-0.39, 0.29) is 0 Å². The van der Waals surface area contributed by atoms with Crippen LogP contribution in [0.15, 0.2) is 24.3 Å². The van der Waals surface area contributed by atoms with Gasteiger partial charge in [0.2, 0.25) is 0 Å². The summed E-state index contributed by atoms with van der Waals surface area (Å²) >= 11 is 0. The summed E-state index contributed by atoms with van der Waals surface area (Å²) in [7, 11) is 3.71. The number of benzene rings is 1. The van der Waals surface area contributed by atoms with Gasteiger partial charge in [-0.15, -0.1) is 0 Å². The van der Waals surface area contributed by atoms with E-state index in [9.17, 15) is 0 Å². The van der Waals surface area contributed by atoms with Crippen molar-refractivity contribution in [2.45, 2.75) is 12.5 Å². The maximum atomic E-state index is 5.77. The standard InChI is InChI=1S/C13H19NO2/c1-14-12(9-15-2)11-7-10-5-3-4-6-13(10)16-8-11/h3-6,11-12,14H,7-9H2,1-2H3. The predicted molar refractivity (Wildman–Crippen MR) is 63.9 cm³/mol. The normalized spacial score (nSPS) is 21.0. The van der Waals surface area contributed by atoms with Crippen LogP contribution in [0.1, 0.15) is 5.56 Å². The van der Waals surface area contributed by atoms with E-state index in [0.29, 0.717) is 12.0 Å². The first-order valence-corrected chi connectivity index (χ1v) is 5.72. The molecule has 0 radical (unpaired) electrons. The molecule has 1 aliphatic heterocycles. The van der Waals surface area contributed by atoms with Crippen LogP contribution >= 0.6 is 0 Å². The Morgan fingerprint density at radius 2 is 2.31 bits per heavy atom. The lowest BCUT2D eigenvalue weighted by Crippen LogP contribution is -2.42. The van der Waals surface area contributed by atoms with Gasteiger partial charge in [-0.1, -0.05) is 18.2 Å². The first-order chi connectivity index (χ1) is 7.85. The molecule has 0 bridgehead atoms. The molecule has 2 rings (SSSR count). The van der Waals surface area contributed by atoms with Crippen molar-refractivity contribution in [1.29, 1.82) is 0 Å². The minimum absolute atomic E-state index is 0.360. The Balaban J connectivity index is 2.06. The minimum atomic E-state index is 0.360. The van der Waals surface area contributed by atoms with Crippen LogP contribution in [0.4, 0.5) is 0 Å². The molecule has 2 unspecified atom stereocenters. The van der Waals surface area contributed by atoms with E-state index in [1.807, 2.05) is 19.2 Å². The molecular formula is C13H19NO2. The molecule has 1 heterocycles. The number of likely N-dealkylation sites (N-methyl/N-ethyl adjacent to an activating group) is 1. The van der Waals surface area contributed by atoms with Crippen LogP contribution in [0.25, 0.3) is 0 Å². The monoisotopic (exact) mass is 221 g/mol. The molecule has 1 aromatic rings. The van der Waals surface area contributed by atoms with Crippen LogP contribution in [0, 0.1) is 5.92 Å². The first-order valence-electron chi connectivity index (χ1n) is 5.72. The molecule has 3 heteroatoms. The highest BCUT2D eigenvalue weighted by molar-refractivity contribution is 5.35. The Hall–Kier alpha value is -1.06. The van der Waals surface area contributed by atoms with Crippen LogP contribution in [0.3, 0.4) is 0 Å². The second kappa shape index (κ2) is 5.32. The Morgan fingerprint density at radius 1 is 1.50 bits per heavy atom. The third-order valence-corrected chi connectivity index (χ3v) is 3.19. The fraction of sp³-hybridized carbons (Fsp3) is 0.538. The van der Waals surface area contributed by atoms with Crippen molar-refractivity contribution in [3.8, 4) is 5.75 Å². The molecule has 0 spiro atoms. The second-order valence-corrected chi connectivity index (χ2v) is 4.23. The fourth-order valence-corrected chi connectivity index (χ4v) is 2.24. The molecule has 1 aromatic carbocycles. The summed E-state index contributed by atoms with van der Waals surface area (Å²) < 4.78 is 11.0. The number of hydrogen-bond donors (Lipinski definition) is 1. The molecule has 16 heavy (non-hydrogen) atoms. The predicted octanol–water partition coefficient (Wildman–Crippen LogP) is 1.47. The van der Waals surface area contributed by atoms with Crippen molar-refractivity contribution in [3.63, 3.8) is 0 Å². The van der Waals surface area contributed by atoms with Gasteiger partial charge in [0.1, 0.15) is 5.75 Å². The maximum Gasteiger partial charge on any atom is 0.122 e. The maximum absolute atomic E-state index is 5.77. The minimum Gasteiger partial charge on any atom is -0.493 e. The van der Waals surface area contributed by atoms with Gasteiger partial charge in [0.15, 0.2) is 0 Å². The zero-order valence-electron chi connectivity index (χ0n) is 9.90. The summed E-state index contributed by atoms with van der Waals surface area (Å²) in [4.78, 5) is 0. The van der Waals surface area contributed by atoms with Gasteiger partial charge in [-0.05, 0) is 25.1 Å². The van der Waals surface area contributed by atoms with Crippen molar-refractivity contribution >= 4 is 0 Å². The smallest absolute Gasteiger partial charge is 0.122 e. The van der Waals surface area contributed by atoms with E-state index in [1.165, 1.54) is 5.56 Å². The number of nitrogens with one attached hydrogen (secondary N) is 1. The van der Waals surface area contributed by atoms with Gasteiger partial charge >= 0.3 is 0 Å². The van der Waals surface area contributed by atoms with E-state index in [1.54, 1.807) is 7.11 Å². The lowest BCUT2D eigenvalue weighted by molar-refractivity contribution is 0.111. The van der Waals surface area contributed by atoms with Crippen LogP contribution < -0.4 is 10.1 Å². The van der Waals surface area contributed by atoms with Gasteiger partial charge in [0.05, 0.1) is 13.2 Å². The number of rotatable bonds is 4. The van der Waals surface area contributed by atoms with Crippen molar-refractivity contribution in [2.75, 3.05) is 27.4 Å². The Kier molecular flexibility index (Phi) is 3.80. The number of fused-ring (bicyclic) bond motifs is 1.